The molecule has 6 nitrogen and oxygen atoms in total. The van der Waals surface area contributed by atoms with Gasteiger partial charge < -0.3 is 14.4 Å². The van der Waals surface area contributed by atoms with Gasteiger partial charge in [0.2, 0.25) is 0 Å². The van der Waals surface area contributed by atoms with Crippen LogP contribution in [0, 0.1) is 0 Å². The lowest BCUT2D eigenvalue weighted by Gasteiger charge is -2.24. The molecule has 2 heterocycles. The molecule has 21 heavy (non-hydrogen) atoms. The number of fused-ring (bicyclic) bond motifs is 1. The number of benzene rings is 1. The average molecular weight is 311 g/mol. The van der Waals surface area contributed by atoms with Crippen LogP contribution in [0.2, 0.25) is 0 Å². The van der Waals surface area contributed by atoms with Crippen molar-refractivity contribution in [3.63, 3.8) is 0 Å². The molecule has 7 heteroatoms. The summed E-state index contributed by atoms with van der Waals surface area (Å²) in [6.07, 6.45) is 0.495. The lowest BCUT2D eigenvalue weighted by Crippen LogP contribution is -2.37. The van der Waals surface area contributed by atoms with Gasteiger partial charge in [0.05, 0.1) is 11.5 Å². The molecule has 2 aliphatic heterocycles. The molecule has 0 aliphatic carbocycles. The van der Waals surface area contributed by atoms with E-state index in [1.165, 1.54) is 4.90 Å². The standard InChI is InChI=1S/C14H17NO5S/c1-15(11-4-7-21(17,18)9-11)14(16)10-2-3-12-13(8-10)20-6-5-19-12/h2-3,8,11H,4-7,9H2,1H3. The average Bonchev–Trinajstić information content (AvgIpc) is 2.85. The van der Waals surface area contributed by atoms with E-state index in [1.807, 2.05) is 0 Å². The summed E-state index contributed by atoms with van der Waals surface area (Å²) in [6.45, 7) is 0.960. The van der Waals surface area contributed by atoms with Crippen molar-refractivity contribution in [2.24, 2.45) is 0 Å². The summed E-state index contributed by atoms with van der Waals surface area (Å²) in [6, 6.07) is 4.78. The Morgan fingerprint density at radius 1 is 1.24 bits per heavy atom. The van der Waals surface area contributed by atoms with E-state index in [2.05, 4.69) is 0 Å². The number of sulfone groups is 1. The van der Waals surface area contributed by atoms with Crippen LogP contribution in [0.15, 0.2) is 18.2 Å². The molecular formula is C14H17NO5S. The highest BCUT2D eigenvalue weighted by Gasteiger charge is 2.33. The van der Waals surface area contributed by atoms with Crippen molar-refractivity contribution in [3.05, 3.63) is 23.8 Å². The summed E-state index contributed by atoms with van der Waals surface area (Å²) in [7, 11) is -1.37. The van der Waals surface area contributed by atoms with Gasteiger partial charge >= 0.3 is 0 Å². The maximum atomic E-state index is 12.5. The number of carbonyl (C=O) groups excluding carboxylic acids is 1. The van der Waals surface area contributed by atoms with E-state index in [0.29, 0.717) is 36.7 Å². The van der Waals surface area contributed by atoms with Crippen LogP contribution in [-0.2, 0) is 9.84 Å². The van der Waals surface area contributed by atoms with Gasteiger partial charge in [-0.3, -0.25) is 4.79 Å². The molecule has 0 aromatic heterocycles. The molecule has 0 spiro atoms. The molecule has 1 aromatic rings. The lowest BCUT2D eigenvalue weighted by molar-refractivity contribution is 0.0746. The third-order valence-corrected chi connectivity index (χ3v) is 5.62. The van der Waals surface area contributed by atoms with Crippen LogP contribution in [0.3, 0.4) is 0 Å². The molecule has 1 saturated heterocycles. The Bertz CT molecular complexity index is 670. The van der Waals surface area contributed by atoms with Gasteiger partial charge in [0.15, 0.2) is 21.3 Å². The maximum absolute atomic E-state index is 12.5. The molecule has 114 valence electrons. The lowest BCUT2D eigenvalue weighted by atomic mass is 10.1. The van der Waals surface area contributed by atoms with E-state index in [9.17, 15) is 13.2 Å². The zero-order chi connectivity index (χ0) is 15.0. The summed E-state index contributed by atoms with van der Waals surface area (Å²) in [5.41, 5.74) is 0.478. The van der Waals surface area contributed by atoms with Crippen LogP contribution in [0.25, 0.3) is 0 Å². The molecule has 1 atom stereocenters. The van der Waals surface area contributed by atoms with Gasteiger partial charge in [-0.15, -0.1) is 0 Å². The molecule has 1 unspecified atom stereocenters. The summed E-state index contributed by atoms with van der Waals surface area (Å²) in [5, 5.41) is 0. The predicted molar refractivity (Wildman–Crippen MR) is 76.6 cm³/mol. The Labute approximate surface area is 123 Å². The fraction of sp³-hybridized carbons (Fsp3) is 0.500. The topological polar surface area (TPSA) is 72.9 Å². The predicted octanol–water partition coefficient (Wildman–Crippen LogP) is 0.717. The van der Waals surface area contributed by atoms with Crippen molar-refractivity contribution >= 4 is 15.7 Å². The summed E-state index contributed by atoms with van der Waals surface area (Å²) < 4.78 is 33.9. The second kappa shape index (κ2) is 5.22. The minimum absolute atomic E-state index is 0.0415. The molecular weight excluding hydrogens is 294 g/mol. The maximum Gasteiger partial charge on any atom is 0.254 e. The zero-order valence-corrected chi connectivity index (χ0v) is 12.6. The van der Waals surface area contributed by atoms with Crippen molar-refractivity contribution in [2.75, 3.05) is 31.8 Å². The first kappa shape index (κ1) is 14.2. The highest BCUT2D eigenvalue weighted by atomic mass is 32.2. The molecule has 0 bridgehead atoms. The minimum atomic E-state index is -3.01. The Morgan fingerprint density at radius 3 is 2.62 bits per heavy atom. The van der Waals surface area contributed by atoms with Gasteiger partial charge in [0, 0.05) is 18.7 Å². The first-order valence-electron chi connectivity index (χ1n) is 6.83. The number of nitrogens with zero attached hydrogens (tertiary/aromatic N) is 1. The van der Waals surface area contributed by atoms with Crippen molar-refractivity contribution in [1.82, 2.24) is 4.90 Å². The Kier molecular flexibility index (Phi) is 3.52. The molecule has 1 amide bonds. The number of rotatable bonds is 2. The Hall–Kier alpha value is -1.76. The highest BCUT2D eigenvalue weighted by molar-refractivity contribution is 7.91. The van der Waals surface area contributed by atoms with Gasteiger partial charge in [-0.05, 0) is 24.6 Å². The number of carbonyl (C=O) groups is 1. The van der Waals surface area contributed by atoms with Crippen LogP contribution in [0.1, 0.15) is 16.8 Å². The summed E-state index contributed by atoms with van der Waals surface area (Å²) >= 11 is 0. The molecule has 0 N–H and O–H groups in total. The molecule has 3 rings (SSSR count). The fourth-order valence-corrected chi connectivity index (χ4v) is 4.40. The largest absolute Gasteiger partial charge is 0.486 e. The first-order chi connectivity index (χ1) is 9.96. The molecule has 0 radical (unpaired) electrons. The molecule has 1 fully saturated rings. The van der Waals surface area contributed by atoms with E-state index < -0.39 is 9.84 Å². The van der Waals surface area contributed by atoms with Crippen LogP contribution >= 0.6 is 0 Å². The van der Waals surface area contributed by atoms with Gasteiger partial charge in [-0.1, -0.05) is 0 Å². The van der Waals surface area contributed by atoms with Gasteiger partial charge in [0.1, 0.15) is 13.2 Å². The first-order valence-corrected chi connectivity index (χ1v) is 8.66. The van der Waals surface area contributed by atoms with Crippen molar-refractivity contribution < 1.29 is 22.7 Å². The van der Waals surface area contributed by atoms with E-state index in [0.717, 1.165) is 0 Å². The molecule has 2 aliphatic rings. The van der Waals surface area contributed by atoms with Crippen LogP contribution in [0.4, 0.5) is 0 Å². The second-order valence-electron chi connectivity index (χ2n) is 5.33. The van der Waals surface area contributed by atoms with Crippen LogP contribution < -0.4 is 9.47 Å². The Morgan fingerprint density at radius 2 is 1.95 bits per heavy atom. The summed E-state index contributed by atoms with van der Waals surface area (Å²) in [4.78, 5) is 14.0. The van der Waals surface area contributed by atoms with Crippen LogP contribution in [-0.4, -0.2) is 57.0 Å². The smallest absolute Gasteiger partial charge is 0.254 e. The van der Waals surface area contributed by atoms with Gasteiger partial charge in [-0.25, -0.2) is 8.42 Å². The third kappa shape index (κ3) is 2.83. The second-order valence-corrected chi connectivity index (χ2v) is 7.56. The van der Waals surface area contributed by atoms with E-state index >= 15 is 0 Å². The van der Waals surface area contributed by atoms with E-state index in [4.69, 9.17) is 9.47 Å². The number of hydrogen-bond donors (Lipinski definition) is 0. The number of amides is 1. The minimum Gasteiger partial charge on any atom is -0.486 e. The normalized spacial score (nSPS) is 22.8. The van der Waals surface area contributed by atoms with Crippen molar-refractivity contribution in [1.29, 1.82) is 0 Å². The highest BCUT2D eigenvalue weighted by Crippen LogP contribution is 2.31. The fourth-order valence-electron chi connectivity index (χ4n) is 2.63. The molecule has 0 saturated carbocycles. The SMILES string of the molecule is CN(C(=O)c1ccc2c(c1)OCCO2)C1CCS(=O)(=O)C1. The van der Waals surface area contributed by atoms with Gasteiger partial charge in [0.25, 0.3) is 5.91 Å². The van der Waals surface area contributed by atoms with E-state index in [1.54, 1.807) is 25.2 Å². The monoisotopic (exact) mass is 311 g/mol. The van der Waals surface area contributed by atoms with Crippen molar-refractivity contribution in [2.45, 2.75) is 12.5 Å². The van der Waals surface area contributed by atoms with Gasteiger partial charge in [-0.2, -0.15) is 0 Å². The number of ether oxygens (including phenoxy) is 2. The third-order valence-electron chi connectivity index (χ3n) is 3.87. The van der Waals surface area contributed by atoms with Crippen LogP contribution in [0.5, 0.6) is 11.5 Å². The number of hydrogen-bond acceptors (Lipinski definition) is 5. The summed E-state index contributed by atoms with van der Waals surface area (Å²) in [5.74, 6) is 1.17. The van der Waals surface area contributed by atoms with E-state index in [-0.39, 0.29) is 23.5 Å². The quantitative estimate of drug-likeness (QED) is 0.804. The Balaban J connectivity index is 1.79. The molecule has 1 aromatic carbocycles. The zero-order valence-electron chi connectivity index (χ0n) is 11.7. The van der Waals surface area contributed by atoms with Crippen molar-refractivity contribution in [3.8, 4) is 11.5 Å².